The highest BCUT2D eigenvalue weighted by Crippen LogP contribution is 2.33. The highest BCUT2D eigenvalue weighted by atomic mass is 35.5. The van der Waals surface area contributed by atoms with Crippen molar-refractivity contribution in [2.24, 2.45) is 0 Å². The lowest BCUT2D eigenvalue weighted by atomic mass is 10.1. The molecule has 1 aromatic carbocycles. The molecule has 2 heterocycles. The molecule has 0 bridgehead atoms. The molecule has 0 spiro atoms. The van der Waals surface area contributed by atoms with Gasteiger partial charge in [-0.15, -0.1) is 22.7 Å². The van der Waals surface area contributed by atoms with E-state index in [2.05, 4.69) is 15.6 Å². The lowest BCUT2D eigenvalue weighted by molar-refractivity contribution is -0.114. The van der Waals surface area contributed by atoms with Crippen molar-refractivity contribution in [2.75, 3.05) is 10.6 Å². The summed E-state index contributed by atoms with van der Waals surface area (Å²) in [7, 11) is 0. The zero-order chi connectivity index (χ0) is 18.8. The van der Waals surface area contributed by atoms with Crippen LogP contribution < -0.4 is 10.6 Å². The fraction of sp³-hybridized carbons (Fsp3) is 0.0625. The third-order valence-corrected chi connectivity index (χ3v) is 5.44. The number of nitrogens with zero attached hydrogens (tertiary/aromatic N) is 1. The van der Waals surface area contributed by atoms with Gasteiger partial charge in [-0.25, -0.2) is 9.37 Å². The second-order valence-corrected chi connectivity index (χ2v) is 8.25. The normalized spacial score (nSPS) is 10.6. The van der Waals surface area contributed by atoms with E-state index in [0.29, 0.717) is 20.8 Å². The number of nitrogens with one attached hydrogen (secondary N) is 2. The molecule has 0 saturated carbocycles. The number of carbonyl (C=O) groups is 2. The fourth-order valence-corrected chi connectivity index (χ4v) is 4.28. The summed E-state index contributed by atoms with van der Waals surface area (Å²) in [6.45, 7) is 1.34. The molecule has 134 valence electrons. The lowest BCUT2D eigenvalue weighted by Crippen LogP contribution is -2.11. The molecule has 0 saturated heterocycles. The topological polar surface area (TPSA) is 71.1 Å². The third-order valence-electron chi connectivity index (χ3n) is 3.19. The highest BCUT2D eigenvalue weighted by molar-refractivity contribution is 7.20. The van der Waals surface area contributed by atoms with Crippen molar-refractivity contribution in [3.8, 4) is 11.3 Å². The largest absolute Gasteiger partial charge is 0.326 e. The average molecular weight is 430 g/mol. The van der Waals surface area contributed by atoms with Gasteiger partial charge in [0.05, 0.1) is 15.6 Å². The summed E-state index contributed by atoms with van der Waals surface area (Å²) >= 11 is 14.0. The maximum atomic E-state index is 14.3. The maximum absolute atomic E-state index is 14.3. The number of rotatable bonds is 4. The van der Waals surface area contributed by atoms with Gasteiger partial charge < -0.3 is 5.32 Å². The van der Waals surface area contributed by atoms with E-state index >= 15 is 0 Å². The van der Waals surface area contributed by atoms with Crippen LogP contribution in [0.3, 0.4) is 0 Å². The van der Waals surface area contributed by atoms with Crippen LogP contribution in [-0.4, -0.2) is 16.8 Å². The molecule has 2 aromatic heterocycles. The molecule has 3 aromatic rings. The molecule has 0 fully saturated rings. The number of hydrogen-bond donors (Lipinski definition) is 2. The second kappa shape index (κ2) is 7.71. The zero-order valence-electron chi connectivity index (χ0n) is 13.1. The van der Waals surface area contributed by atoms with Gasteiger partial charge >= 0.3 is 0 Å². The first-order chi connectivity index (χ1) is 12.3. The Hall–Kier alpha value is -2.00. The van der Waals surface area contributed by atoms with Crippen LogP contribution >= 0.6 is 45.9 Å². The highest BCUT2D eigenvalue weighted by Gasteiger charge is 2.17. The van der Waals surface area contributed by atoms with E-state index in [-0.39, 0.29) is 21.4 Å². The standard InChI is InChI=1S/C16H10Cl2FN3O2S2/c1-7(23)20-8-2-3-9(11(19)4-8)12-6-25-16(21-12)22-15(24)10-5-13(17)26-14(10)18/h2-6H,1H3,(H,20,23)(H,21,22,24). The van der Waals surface area contributed by atoms with Crippen molar-refractivity contribution >= 4 is 68.5 Å². The summed E-state index contributed by atoms with van der Waals surface area (Å²) in [5.41, 5.74) is 1.23. The Kier molecular flexibility index (Phi) is 5.57. The predicted molar refractivity (Wildman–Crippen MR) is 104 cm³/mol. The number of halogens is 3. The molecular weight excluding hydrogens is 420 g/mol. The summed E-state index contributed by atoms with van der Waals surface area (Å²) in [5.74, 6) is -1.27. The maximum Gasteiger partial charge on any atom is 0.259 e. The van der Waals surface area contributed by atoms with Gasteiger partial charge in [0, 0.05) is 23.6 Å². The smallest absolute Gasteiger partial charge is 0.259 e. The molecule has 0 aliphatic heterocycles. The Bertz CT molecular complexity index is 1000. The van der Waals surface area contributed by atoms with Crippen LogP contribution in [0.1, 0.15) is 17.3 Å². The van der Waals surface area contributed by atoms with Crippen LogP contribution in [0.5, 0.6) is 0 Å². The van der Waals surface area contributed by atoms with Gasteiger partial charge in [-0.05, 0) is 24.3 Å². The molecule has 0 aliphatic rings. The average Bonchev–Trinajstić information content (AvgIpc) is 3.13. The van der Waals surface area contributed by atoms with E-state index in [1.807, 2.05) is 0 Å². The molecule has 10 heteroatoms. The number of thiophene rings is 1. The molecule has 2 N–H and O–H groups in total. The van der Waals surface area contributed by atoms with E-state index in [9.17, 15) is 14.0 Å². The zero-order valence-corrected chi connectivity index (χ0v) is 16.2. The first-order valence-electron chi connectivity index (χ1n) is 7.12. The number of hydrogen-bond acceptors (Lipinski definition) is 5. The van der Waals surface area contributed by atoms with Gasteiger partial charge in [-0.2, -0.15) is 0 Å². The summed E-state index contributed by atoms with van der Waals surface area (Å²) in [4.78, 5) is 27.5. The number of benzene rings is 1. The fourth-order valence-electron chi connectivity index (χ4n) is 2.12. The SMILES string of the molecule is CC(=O)Nc1ccc(-c2csc(NC(=O)c3cc(Cl)sc3Cl)n2)c(F)c1. The summed E-state index contributed by atoms with van der Waals surface area (Å²) < 4.78 is 15.0. The minimum atomic E-state index is -0.535. The van der Waals surface area contributed by atoms with Gasteiger partial charge in [0.2, 0.25) is 5.91 Å². The van der Waals surface area contributed by atoms with Crippen molar-refractivity contribution in [2.45, 2.75) is 6.92 Å². The monoisotopic (exact) mass is 429 g/mol. The van der Waals surface area contributed by atoms with Gasteiger partial charge in [0.25, 0.3) is 5.91 Å². The minimum absolute atomic E-state index is 0.254. The molecule has 0 aliphatic carbocycles. The van der Waals surface area contributed by atoms with Crippen LogP contribution in [0.25, 0.3) is 11.3 Å². The lowest BCUT2D eigenvalue weighted by Gasteiger charge is -2.05. The molecule has 0 unspecified atom stereocenters. The number of thiazole rings is 1. The Morgan fingerprint density at radius 1 is 1.19 bits per heavy atom. The molecular formula is C16H10Cl2FN3O2S2. The van der Waals surface area contributed by atoms with Crippen LogP contribution in [0, 0.1) is 5.82 Å². The molecule has 0 atom stereocenters. The van der Waals surface area contributed by atoms with Gasteiger partial charge in [-0.3, -0.25) is 14.9 Å². The van der Waals surface area contributed by atoms with E-state index in [4.69, 9.17) is 23.2 Å². The van der Waals surface area contributed by atoms with Gasteiger partial charge in [0.1, 0.15) is 10.2 Å². The number of carbonyl (C=O) groups excluding carboxylic acids is 2. The summed E-state index contributed by atoms with van der Waals surface area (Å²) in [5, 5.41) is 7.04. The van der Waals surface area contributed by atoms with Crippen molar-refractivity contribution in [1.82, 2.24) is 4.98 Å². The van der Waals surface area contributed by atoms with E-state index in [1.165, 1.54) is 25.1 Å². The number of anilines is 2. The first kappa shape index (κ1) is 18.8. The Morgan fingerprint density at radius 2 is 1.96 bits per heavy atom. The molecule has 3 rings (SSSR count). The molecule has 5 nitrogen and oxygen atoms in total. The van der Waals surface area contributed by atoms with Crippen LogP contribution in [0.4, 0.5) is 15.2 Å². The van der Waals surface area contributed by atoms with Crippen molar-refractivity contribution in [3.05, 3.63) is 49.7 Å². The molecule has 2 amide bonds. The van der Waals surface area contributed by atoms with Crippen LogP contribution in [0.15, 0.2) is 29.6 Å². The van der Waals surface area contributed by atoms with Crippen molar-refractivity contribution in [3.63, 3.8) is 0 Å². The van der Waals surface area contributed by atoms with E-state index in [0.717, 1.165) is 22.7 Å². The molecule has 0 radical (unpaired) electrons. The molecule has 26 heavy (non-hydrogen) atoms. The Morgan fingerprint density at radius 3 is 2.58 bits per heavy atom. The third kappa shape index (κ3) is 4.21. The summed E-state index contributed by atoms with van der Waals surface area (Å²) in [6.07, 6.45) is 0. The number of aromatic nitrogens is 1. The van der Waals surface area contributed by atoms with Crippen molar-refractivity contribution in [1.29, 1.82) is 0 Å². The quantitative estimate of drug-likeness (QED) is 0.572. The Labute approximate surface area is 165 Å². The first-order valence-corrected chi connectivity index (χ1v) is 9.58. The van der Waals surface area contributed by atoms with Crippen molar-refractivity contribution < 1.29 is 14.0 Å². The van der Waals surface area contributed by atoms with Gasteiger partial charge in [0.15, 0.2) is 5.13 Å². The predicted octanol–water partition coefficient (Wildman–Crippen LogP) is 5.53. The number of amides is 2. The second-order valence-electron chi connectivity index (χ2n) is 5.11. The van der Waals surface area contributed by atoms with E-state index < -0.39 is 11.7 Å². The van der Waals surface area contributed by atoms with Crippen LogP contribution in [0.2, 0.25) is 8.67 Å². The van der Waals surface area contributed by atoms with Crippen LogP contribution in [-0.2, 0) is 4.79 Å². The van der Waals surface area contributed by atoms with Gasteiger partial charge in [-0.1, -0.05) is 23.2 Å². The minimum Gasteiger partial charge on any atom is -0.326 e. The Balaban J connectivity index is 1.78. The summed E-state index contributed by atoms with van der Waals surface area (Å²) in [6, 6.07) is 5.77. The van der Waals surface area contributed by atoms with E-state index in [1.54, 1.807) is 11.4 Å².